The standard InChI is InChI=1S/C20H18N4O2/c21-10-11-26-16-8-6-14(7-9-16)17-12-24(15-4-2-1-3-5-15)19-18(17)20(25)23-13-22-19/h1-9,12-13H,10-11,21H2,(H,22,23,25). The summed E-state index contributed by atoms with van der Waals surface area (Å²) in [5.41, 5.74) is 8.61. The van der Waals surface area contributed by atoms with Crippen LogP contribution >= 0.6 is 0 Å². The van der Waals surface area contributed by atoms with E-state index in [4.69, 9.17) is 10.5 Å². The van der Waals surface area contributed by atoms with Crippen molar-refractivity contribution in [2.24, 2.45) is 5.73 Å². The quantitative estimate of drug-likeness (QED) is 0.582. The van der Waals surface area contributed by atoms with Gasteiger partial charge in [0.1, 0.15) is 12.4 Å². The van der Waals surface area contributed by atoms with Crippen molar-refractivity contribution >= 4 is 11.0 Å². The Bertz CT molecular complexity index is 1080. The summed E-state index contributed by atoms with van der Waals surface area (Å²) in [4.78, 5) is 19.5. The van der Waals surface area contributed by atoms with Gasteiger partial charge in [-0.1, -0.05) is 30.3 Å². The van der Waals surface area contributed by atoms with E-state index < -0.39 is 0 Å². The van der Waals surface area contributed by atoms with Crippen molar-refractivity contribution in [1.82, 2.24) is 14.5 Å². The highest BCUT2D eigenvalue weighted by Gasteiger charge is 2.15. The fraction of sp³-hybridized carbons (Fsp3) is 0.100. The van der Waals surface area contributed by atoms with E-state index in [0.717, 1.165) is 22.6 Å². The third-order valence-electron chi connectivity index (χ3n) is 4.18. The molecule has 6 heteroatoms. The number of aromatic amines is 1. The highest BCUT2D eigenvalue weighted by Crippen LogP contribution is 2.30. The number of ether oxygens (including phenoxy) is 1. The van der Waals surface area contributed by atoms with Crippen LogP contribution in [0.4, 0.5) is 0 Å². The minimum atomic E-state index is -0.164. The van der Waals surface area contributed by atoms with Crippen LogP contribution in [-0.4, -0.2) is 27.7 Å². The highest BCUT2D eigenvalue weighted by molar-refractivity contribution is 5.94. The first-order valence-electron chi connectivity index (χ1n) is 8.35. The van der Waals surface area contributed by atoms with Crippen molar-refractivity contribution < 1.29 is 4.74 Å². The van der Waals surface area contributed by atoms with Gasteiger partial charge in [-0.15, -0.1) is 0 Å². The molecule has 0 radical (unpaired) electrons. The fourth-order valence-electron chi connectivity index (χ4n) is 2.98. The van der Waals surface area contributed by atoms with E-state index >= 15 is 0 Å². The Balaban J connectivity index is 1.86. The molecule has 2 heterocycles. The Morgan fingerprint density at radius 3 is 2.58 bits per heavy atom. The van der Waals surface area contributed by atoms with E-state index in [9.17, 15) is 4.79 Å². The minimum Gasteiger partial charge on any atom is -0.492 e. The maximum atomic E-state index is 12.5. The Labute approximate surface area is 149 Å². The molecule has 0 spiro atoms. The van der Waals surface area contributed by atoms with Crippen molar-refractivity contribution in [1.29, 1.82) is 0 Å². The van der Waals surface area contributed by atoms with Gasteiger partial charge in [0, 0.05) is 24.0 Å². The van der Waals surface area contributed by atoms with Crippen LogP contribution in [-0.2, 0) is 0 Å². The molecule has 0 saturated heterocycles. The summed E-state index contributed by atoms with van der Waals surface area (Å²) >= 11 is 0. The summed E-state index contributed by atoms with van der Waals surface area (Å²) < 4.78 is 7.45. The average molecular weight is 346 g/mol. The second-order valence-corrected chi connectivity index (χ2v) is 5.84. The van der Waals surface area contributed by atoms with Crippen LogP contribution in [0, 0.1) is 0 Å². The molecule has 0 aliphatic rings. The lowest BCUT2D eigenvalue weighted by molar-refractivity contribution is 0.328. The van der Waals surface area contributed by atoms with Gasteiger partial charge in [0.25, 0.3) is 5.56 Å². The summed E-state index contributed by atoms with van der Waals surface area (Å²) in [6.45, 7) is 0.934. The Kier molecular flexibility index (Phi) is 4.25. The van der Waals surface area contributed by atoms with E-state index in [-0.39, 0.29) is 5.56 Å². The predicted molar refractivity (Wildman–Crippen MR) is 102 cm³/mol. The molecule has 0 atom stereocenters. The van der Waals surface area contributed by atoms with Crippen molar-refractivity contribution in [2.75, 3.05) is 13.2 Å². The van der Waals surface area contributed by atoms with Crippen molar-refractivity contribution in [2.45, 2.75) is 0 Å². The van der Waals surface area contributed by atoms with Gasteiger partial charge in [0.2, 0.25) is 0 Å². The molecule has 0 bridgehead atoms. The molecule has 3 N–H and O–H groups in total. The van der Waals surface area contributed by atoms with E-state index in [1.807, 2.05) is 65.4 Å². The van der Waals surface area contributed by atoms with E-state index in [1.165, 1.54) is 6.33 Å². The van der Waals surface area contributed by atoms with E-state index in [1.54, 1.807) is 0 Å². The van der Waals surface area contributed by atoms with Gasteiger partial charge in [0.15, 0.2) is 5.65 Å². The van der Waals surface area contributed by atoms with Crippen molar-refractivity contribution in [3.63, 3.8) is 0 Å². The van der Waals surface area contributed by atoms with Gasteiger partial charge in [-0.25, -0.2) is 4.98 Å². The summed E-state index contributed by atoms with van der Waals surface area (Å²) in [7, 11) is 0. The zero-order valence-corrected chi connectivity index (χ0v) is 14.1. The van der Waals surface area contributed by atoms with Crippen molar-refractivity contribution in [3.05, 3.63) is 77.5 Å². The van der Waals surface area contributed by atoms with Crippen LogP contribution in [0.3, 0.4) is 0 Å². The van der Waals surface area contributed by atoms with Gasteiger partial charge in [0.05, 0.1) is 11.7 Å². The number of H-pyrrole nitrogens is 1. The number of para-hydroxylation sites is 1. The molecule has 4 rings (SSSR count). The third kappa shape index (κ3) is 2.87. The summed E-state index contributed by atoms with van der Waals surface area (Å²) in [6.07, 6.45) is 3.37. The summed E-state index contributed by atoms with van der Waals surface area (Å²) in [5.74, 6) is 0.748. The number of fused-ring (bicyclic) bond motifs is 1. The van der Waals surface area contributed by atoms with E-state index in [0.29, 0.717) is 24.2 Å². The number of hydrogen-bond acceptors (Lipinski definition) is 4. The molecule has 4 aromatic rings. The Morgan fingerprint density at radius 2 is 1.85 bits per heavy atom. The second-order valence-electron chi connectivity index (χ2n) is 5.84. The lowest BCUT2D eigenvalue weighted by atomic mass is 10.1. The molecule has 26 heavy (non-hydrogen) atoms. The topological polar surface area (TPSA) is 85.9 Å². The van der Waals surface area contributed by atoms with Gasteiger partial charge in [-0.05, 0) is 29.8 Å². The smallest absolute Gasteiger partial charge is 0.260 e. The van der Waals surface area contributed by atoms with Crippen LogP contribution in [0.15, 0.2) is 71.9 Å². The Morgan fingerprint density at radius 1 is 1.08 bits per heavy atom. The molecule has 0 amide bonds. The molecule has 0 unspecified atom stereocenters. The fourth-order valence-corrected chi connectivity index (χ4v) is 2.98. The molecule has 0 aliphatic carbocycles. The average Bonchev–Trinajstić information content (AvgIpc) is 3.08. The van der Waals surface area contributed by atoms with Crippen LogP contribution in [0.2, 0.25) is 0 Å². The van der Waals surface area contributed by atoms with E-state index in [2.05, 4.69) is 9.97 Å². The number of aromatic nitrogens is 3. The molecule has 0 saturated carbocycles. The van der Waals surface area contributed by atoms with Crippen molar-refractivity contribution in [3.8, 4) is 22.6 Å². The Hall–Kier alpha value is -3.38. The highest BCUT2D eigenvalue weighted by atomic mass is 16.5. The first-order chi connectivity index (χ1) is 12.8. The number of nitrogens with zero attached hydrogens (tertiary/aromatic N) is 2. The molecular formula is C20H18N4O2. The maximum absolute atomic E-state index is 12.5. The normalized spacial score (nSPS) is 11.0. The van der Waals surface area contributed by atoms with Crippen LogP contribution in [0.25, 0.3) is 27.8 Å². The lowest BCUT2D eigenvalue weighted by Gasteiger charge is -2.05. The molecule has 6 nitrogen and oxygen atoms in total. The molecular weight excluding hydrogens is 328 g/mol. The van der Waals surface area contributed by atoms with Gasteiger partial charge in [-0.2, -0.15) is 0 Å². The van der Waals surface area contributed by atoms with Gasteiger partial charge < -0.3 is 20.0 Å². The number of hydrogen-bond donors (Lipinski definition) is 2. The van der Waals surface area contributed by atoms with Gasteiger partial charge in [-0.3, -0.25) is 4.79 Å². The molecule has 130 valence electrons. The number of nitrogens with two attached hydrogens (primary N) is 1. The first-order valence-corrected chi connectivity index (χ1v) is 8.35. The number of benzene rings is 2. The summed E-state index contributed by atoms with van der Waals surface area (Å²) in [6, 6.07) is 17.4. The largest absolute Gasteiger partial charge is 0.492 e. The molecule has 2 aromatic carbocycles. The monoisotopic (exact) mass is 346 g/mol. The summed E-state index contributed by atoms with van der Waals surface area (Å²) in [5, 5.41) is 0.562. The zero-order valence-electron chi connectivity index (χ0n) is 14.1. The molecule has 2 aromatic heterocycles. The SMILES string of the molecule is NCCOc1ccc(-c2cn(-c3ccccc3)c3nc[nH]c(=O)c23)cc1. The first kappa shape index (κ1) is 16.1. The van der Waals surface area contributed by atoms with Gasteiger partial charge >= 0.3 is 0 Å². The van der Waals surface area contributed by atoms with Crippen LogP contribution in [0.1, 0.15) is 0 Å². The third-order valence-corrected chi connectivity index (χ3v) is 4.18. The lowest BCUT2D eigenvalue weighted by Crippen LogP contribution is -2.10. The minimum absolute atomic E-state index is 0.164. The second kappa shape index (κ2) is 6.85. The van der Waals surface area contributed by atoms with Crippen LogP contribution in [0.5, 0.6) is 5.75 Å². The maximum Gasteiger partial charge on any atom is 0.260 e. The number of nitrogens with one attached hydrogen (secondary N) is 1. The molecule has 0 aliphatic heterocycles. The number of rotatable bonds is 5. The predicted octanol–water partition coefficient (Wildman–Crippen LogP) is 2.72. The van der Waals surface area contributed by atoms with Crippen LogP contribution < -0.4 is 16.0 Å². The zero-order chi connectivity index (χ0) is 17.9. The molecule has 0 fully saturated rings.